The van der Waals surface area contributed by atoms with Crippen molar-refractivity contribution in [2.45, 2.75) is 19.9 Å². The molecule has 1 amide bonds. The standard InChI is InChI=1S/C14H20N2O3/c1-10(15-3)8-16-14(18)9-19-13-6-4-5-12(7-13)11(2)17/h4-7,10,15H,8-9H2,1-3H3,(H,16,18). The third-order valence-corrected chi connectivity index (χ3v) is 2.71. The predicted octanol–water partition coefficient (Wildman–Crippen LogP) is 0.992. The molecule has 0 spiro atoms. The Morgan fingerprint density at radius 1 is 1.37 bits per heavy atom. The molecule has 0 saturated heterocycles. The zero-order valence-electron chi connectivity index (χ0n) is 11.5. The molecule has 0 bridgehead atoms. The molecule has 0 saturated carbocycles. The Morgan fingerprint density at radius 2 is 2.11 bits per heavy atom. The van der Waals surface area contributed by atoms with Crippen molar-refractivity contribution >= 4 is 11.7 Å². The average Bonchev–Trinajstić information content (AvgIpc) is 2.42. The van der Waals surface area contributed by atoms with E-state index < -0.39 is 0 Å². The van der Waals surface area contributed by atoms with E-state index in [1.807, 2.05) is 14.0 Å². The summed E-state index contributed by atoms with van der Waals surface area (Å²) in [5.74, 6) is 0.303. The molecular formula is C14H20N2O3. The molecule has 0 heterocycles. The molecule has 0 fully saturated rings. The van der Waals surface area contributed by atoms with Gasteiger partial charge in [-0.25, -0.2) is 0 Å². The van der Waals surface area contributed by atoms with E-state index in [2.05, 4.69) is 10.6 Å². The van der Waals surface area contributed by atoms with Crippen LogP contribution in [0.5, 0.6) is 5.75 Å². The number of rotatable bonds is 7. The number of hydrogen-bond acceptors (Lipinski definition) is 4. The molecule has 5 nitrogen and oxygen atoms in total. The third kappa shape index (κ3) is 5.52. The second-order valence-electron chi connectivity index (χ2n) is 4.37. The maximum absolute atomic E-state index is 11.5. The Hall–Kier alpha value is -1.88. The number of likely N-dealkylation sites (N-methyl/N-ethyl adjacent to an activating group) is 1. The van der Waals surface area contributed by atoms with Crippen molar-refractivity contribution in [2.75, 3.05) is 20.2 Å². The highest BCUT2D eigenvalue weighted by Gasteiger charge is 2.06. The van der Waals surface area contributed by atoms with Crippen molar-refractivity contribution in [3.8, 4) is 5.75 Å². The maximum Gasteiger partial charge on any atom is 0.257 e. The van der Waals surface area contributed by atoms with Crippen LogP contribution < -0.4 is 15.4 Å². The first-order valence-corrected chi connectivity index (χ1v) is 6.20. The van der Waals surface area contributed by atoms with Gasteiger partial charge >= 0.3 is 0 Å². The quantitative estimate of drug-likeness (QED) is 0.721. The molecule has 0 radical (unpaired) electrons. The van der Waals surface area contributed by atoms with Crippen LogP contribution in [0.15, 0.2) is 24.3 Å². The monoisotopic (exact) mass is 264 g/mol. The van der Waals surface area contributed by atoms with Gasteiger partial charge in [0.15, 0.2) is 12.4 Å². The van der Waals surface area contributed by atoms with E-state index in [9.17, 15) is 9.59 Å². The number of amides is 1. The highest BCUT2D eigenvalue weighted by atomic mass is 16.5. The van der Waals surface area contributed by atoms with Crippen molar-refractivity contribution in [1.29, 1.82) is 0 Å². The van der Waals surface area contributed by atoms with E-state index in [1.54, 1.807) is 24.3 Å². The summed E-state index contributed by atoms with van der Waals surface area (Å²) in [6.07, 6.45) is 0. The molecule has 19 heavy (non-hydrogen) atoms. The summed E-state index contributed by atoms with van der Waals surface area (Å²) in [5, 5.41) is 5.77. The second-order valence-corrected chi connectivity index (χ2v) is 4.37. The molecule has 1 atom stereocenters. The summed E-state index contributed by atoms with van der Waals surface area (Å²) in [6.45, 7) is 3.95. The van der Waals surface area contributed by atoms with Crippen LogP contribution >= 0.6 is 0 Å². The molecule has 1 aromatic rings. The smallest absolute Gasteiger partial charge is 0.257 e. The first-order valence-electron chi connectivity index (χ1n) is 6.20. The Bertz CT molecular complexity index is 446. The van der Waals surface area contributed by atoms with Crippen LogP contribution in [-0.4, -0.2) is 37.9 Å². The second kappa shape index (κ2) is 7.53. The summed E-state index contributed by atoms with van der Waals surface area (Å²) < 4.78 is 5.34. The molecule has 1 aromatic carbocycles. The average molecular weight is 264 g/mol. The number of hydrogen-bond donors (Lipinski definition) is 2. The van der Waals surface area contributed by atoms with Gasteiger partial charge in [0.25, 0.3) is 5.91 Å². The summed E-state index contributed by atoms with van der Waals surface area (Å²) in [6, 6.07) is 7.00. The van der Waals surface area contributed by atoms with E-state index in [0.717, 1.165) is 0 Å². The number of carbonyl (C=O) groups excluding carboxylic acids is 2. The van der Waals surface area contributed by atoms with Gasteiger partial charge in [0.1, 0.15) is 5.75 Å². The van der Waals surface area contributed by atoms with Gasteiger partial charge in [0, 0.05) is 18.2 Å². The lowest BCUT2D eigenvalue weighted by Crippen LogP contribution is -2.39. The van der Waals surface area contributed by atoms with Gasteiger partial charge in [0.05, 0.1) is 0 Å². The third-order valence-electron chi connectivity index (χ3n) is 2.71. The van der Waals surface area contributed by atoms with E-state index in [1.165, 1.54) is 6.92 Å². The Kier molecular flexibility index (Phi) is 6.02. The lowest BCUT2D eigenvalue weighted by molar-refractivity contribution is -0.123. The Balaban J connectivity index is 2.42. The highest BCUT2D eigenvalue weighted by Crippen LogP contribution is 2.13. The number of Topliss-reactive ketones (excluding diaryl/α,β-unsaturated/α-hetero) is 1. The van der Waals surface area contributed by atoms with Crippen molar-refractivity contribution in [2.24, 2.45) is 0 Å². The number of nitrogens with one attached hydrogen (secondary N) is 2. The van der Waals surface area contributed by atoms with E-state index in [-0.39, 0.29) is 24.3 Å². The van der Waals surface area contributed by atoms with Crippen molar-refractivity contribution < 1.29 is 14.3 Å². The van der Waals surface area contributed by atoms with Gasteiger partial charge in [-0.3, -0.25) is 9.59 Å². The molecule has 2 N–H and O–H groups in total. The molecule has 0 aromatic heterocycles. The van der Waals surface area contributed by atoms with E-state index in [4.69, 9.17) is 4.74 Å². The normalized spacial score (nSPS) is 11.7. The summed E-state index contributed by atoms with van der Waals surface area (Å²) in [5.41, 5.74) is 0.571. The summed E-state index contributed by atoms with van der Waals surface area (Å²) >= 11 is 0. The van der Waals surface area contributed by atoms with Gasteiger partial charge in [-0.2, -0.15) is 0 Å². The molecule has 1 unspecified atom stereocenters. The highest BCUT2D eigenvalue weighted by molar-refractivity contribution is 5.94. The molecule has 1 rings (SSSR count). The van der Waals surface area contributed by atoms with Crippen molar-refractivity contribution in [3.05, 3.63) is 29.8 Å². The summed E-state index contributed by atoms with van der Waals surface area (Å²) in [4.78, 5) is 22.7. The van der Waals surface area contributed by atoms with Crippen LogP contribution in [0.1, 0.15) is 24.2 Å². The lowest BCUT2D eigenvalue weighted by atomic mass is 10.1. The van der Waals surface area contributed by atoms with Gasteiger partial charge in [0.2, 0.25) is 0 Å². The topological polar surface area (TPSA) is 67.4 Å². The Labute approximate surface area is 113 Å². The fraction of sp³-hybridized carbons (Fsp3) is 0.429. The predicted molar refractivity (Wildman–Crippen MR) is 73.5 cm³/mol. The summed E-state index contributed by atoms with van der Waals surface area (Å²) in [7, 11) is 1.83. The zero-order valence-corrected chi connectivity index (χ0v) is 11.5. The van der Waals surface area contributed by atoms with Crippen molar-refractivity contribution in [3.63, 3.8) is 0 Å². The van der Waals surface area contributed by atoms with Crippen LogP contribution in [0.25, 0.3) is 0 Å². The van der Waals surface area contributed by atoms with E-state index in [0.29, 0.717) is 17.9 Å². The van der Waals surface area contributed by atoms with Crippen LogP contribution in [0.4, 0.5) is 0 Å². The zero-order chi connectivity index (χ0) is 14.3. The van der Waals surface area contributed by atoms with Gasteiger partial charge in [-0.05, 0) is 33.0 Å². The minimum absolute atomic E-state index is 0.0299. The minimum Gasteiger partial charge on any atom is -0.484 e. The first kappa shape index (κ1) is 15.2. The van der Waals surface area contributed by atoms with Crippen LogP contribution in [0.2, 0.25) is 0 Å². The molecule has 0 aliphatic carbocycles. The number of ether oxygens (including phenoxy) is 1. The van der Waals surface area contributed by atoms with Crippen LogP contribution in [0, 0.1) is 0 Å². The number of carbonyl (C=O) groups is 2. The molecular weight excluding hydrogens is 244 g/mol. The van der Waals surface area contributed by atoms with Crippen LogP contribution in [-0.2, 0) is 4.79 Å². The van der Waals surface area contributed by atoms with Crippen molar-refractivity contribution in [1.82, 2.24) is 10.6 Å². The van der Waals surface area contributed by atoms with Crippen LogP contribution in [0.3, 0.4) is 0 Å². The lowest BCUT2D eigenvalue weighted by Gasteiger charge is -2.12. The minimum atomic E-state index is -0.185. The van der Waals surface area contributed by atoms with Gasteiger partial charge in [-0.1, -0.05) is 12.1 Å². The Morgan fingerprint density at radius 3 is 2.74 bits per heavy atom. The number of benzene rings is 1. The largest absolute Gasteiger partial charge is 0.484 e. The fourth-order valence-corrected chi connectivity index (χ4v) is 1.37. The van der Waals surface area contributed by atoms with Gasteiger partial charge < -0.3 is 15.4 Å². The maximum atomic E-state index is 11.5. The first-order chi connectivity index (χ1) is 9.02. The SMILES string of the molecule is CNC(C)CNC(=O)COc1cccc(C(C)=O)c1. The fourth-order valence-electron chi connectivity index (χ4n) is 1.37. The van der Waals surface area contributed by atoms with E-state index >= 15 is 0 Å². The molecule has 5 heteroatoms. The molecule has 0 aliphatic rings. The molecule has 104 valence electrons. The number of ketones is 1. The van der Waals surface area contributed by atoms with Gasteiger partial charge in [-0.15, -0.1) is 0 Å². The molecule has 0 aliphatic heterocycles.